The summed E-state index contributed by atoms with van der Waals surface area (Å²) in [6.07, 6.45) is 0.643. The highest BCUT2D eigenvalue weighted by Gasteiger charge is 2.16. The van der Waals surface area contributed by atoms with Crippen LogP contribution in [-0.4, -0.2) is 16.3 Å². The number of aldehydes is 1. The maximum atomic E-state index is 11.1. The van der Waals surface area contributed by atoms with Crippen LogP contribution in [0.3, 0.4) is 0 Å². The van der Waals surface area contributed by atoms with Crippen molar-refractivity contribution in [1.29, 1.82) is 0 Å². The zero-order valence-electron chi connectivity index (χ0n) is 10.1. The molecule has 0 N–H and O–H groups in total. The molecule has 0 fully saturated rings. The summed E-state index contributed by atoms with van der Waals surface area (Å²) in [5.74, 6) is 1.00. The van der Waals surface area contributed by atoms with Crippen LogP contribution >= 0.6 is 11.6 Å². The second-order valence-corrected chi connectivity index (χ2v) is 4.45. The van der Waals surface area contributed by atoms with Gasteiger partial charge in [0, 0.05) is 5.39 Å². The van der Waals surface area contributed by atoms with Crippen LogP contribution in [0.2, 0.25) is 5.15 Å². The maximum Gasteiger partial charge on any atom is 0.155 e. The zero-order valence-corrected chi connectivity index (χ0v) is 10.8. The summed E-state index contributed by atoms with van der Waals surface area (Å²) in [5, 5.41) is 1.08. The fourth-order valence-electron chi connectivity index (χ4n) is 1.94. The second-order valence-electron chi connectivity index (χ2n) is 4.09. The molecule has 2 aromatic heterocycles. The summed E-state index contributed by atoms with van der Waals surface area (Å²) in [5.41, 5.74) is 1.40. The molecule has 19 heavy (non-hydrogen) atoms. The molecule has 94 valence electrons. The molecule has 0 aliphatic rings. The van der Waals surface area contributed by atoms with Gasteiger partial charge < -0.3 is 4.42 Å². The van der Waals surface area contributed by atoms with E-state index in [1.807, 2.05) is 30.3 Å². The van der Waals surface area contributed by atoms with Crippen molar-refractivity contribution in [3.05, 3.63) is 46.9 Å². The minimum atomic E-state index is 0.137. The molecule has 0 aliphatic heterocycles. The van der Waals surface area contributed by atoms with Gasteiger partial charge in [-0.15, -0.1) is 0 Å². The first-order valence-corrected chi connectivity index (χ1v) is 6.05. The summed E-state index contributed by atoms with van der Waals surface area (Å²) < 4.78 is 5.70. The Bertz CT molecular complexity index is 747. The molecular weight excluding hydrogens is 264 g/mol. The molecule has 3 aromatic rings. The average molecular weight is 273 g/mol. The number of benzene rings is 1. The molecule has 0 spiro atoms. The number of carbonyl (C=O) groups is 1. The normalized spacial score (nSPS) is 10.8. The lowest BCUT2D eigenvalue weighted by molar-refractivity contribution is 0.112. The maximum absolute atomic E-state index is 11.1. The first-order valence-electron chi connectivity index (χ1n) is 5.67. The van der Waals surface area contributed by atoms with E-state index < -0.39 is 0 Å². The molecule has 4 nitrogen and oxygen atoms in total. The quantitative estimate of drug-likeness (QED) is 0.528. The van der Waals surface area contributed by atoms with E-state index in [9.17, 15) is 4.79 Å². The highest BCUT2D eigenvalue weighted by molar-refractivity contribution is 6.32. The van der Waals surface area contributed by atoms with Crippen LogP contribution in [0.5, 0.6) is 0 Å². The van der Waals surface area contributed by atoms with Crippen LogP contribution < -0.4 is 0 Å². The Morgan fingerprint density at radius 1 is 1.26 bits per heavy atom. The standard InChI is InChI=1S/C14H9ClN2O2/c1-8-16-13(10(7-18)14(15)17-8)12-6-9-4-2-3-5-11(9)19-12/h2-7H,1H3. The van der Waals surface area contributed by atoms with Gasteiger partial charge in [0.15, 0.2) is 12.0 Å². The van der Waals surface area contributed by atoms with Gasteiger partial charge in [-0.2, -0.15) is 0 Å². The van der Waals surface area contributed by atoms with Gasteiger partial charge in [-0.1, -0.05) is 29.8 Å². The molecule has 1 aromatic carbocycles. The van der Waals surface area contributed by atoms with E-state index >= 15 is 0 Å². The van der Waals surface area contributed by atoms with Crippen LogP contribution in [0, 0.1) is 6.92 Å². The Morgan fingerprint density at radius 2 is 2.05 bits per heavy atom. The molecule has 0 unspecified atom stereocenters. The minimum Gasteiger partial charge on any atom is -0.454 e. The van der Waals surface area contributed by atoms with Gasteiger partial charge in [-0.25, -0.2) is 9.97 Å². The average Bonchev–Trinajstić information content (AvgIpc) is 2.81. The largest absolute Gasteiger partial charge is 0.454 e. The Morgan fingerprint density at radius 3 is 2.79 bits per heavy atom. The van der Waals surface area contributed by atoms with Gasteiger partial charge in [0.05, 0.1) is 5.56 Å². The second kappa shape index (κ2) is 4.48. The Hall–Kier alpha value is -2.20. The van der Waals surface area contributed by atoms with Crippen LogP contribution in [0.1, 0.15) is 16.2 Å². The monoisotopic (exact) mass is 272 g/mol. The number of aromatic nitrogens is 2. The SMILES string of the molecule is Cc1nc(Cl)c(C=O)c(-c2cc3ccccc3o2)n1. The summed E-state index contributed by atoms with van der Waals surface area (Å²) in [6, 6.07) is 9.42. The molecule has 5 heteroatoms. The van der Waals surface area contributed by atoms with E-state index in [0.29, 0.717) is 23.6 Å². The van der Waals surface area contributed by atoms with E-state index in [1.165, 1.54) is 0 Å². The molecule has 0 amide bonds. The van der Waals surface area contributed by atoms with E-state index in [4.69, 9.17) is 16.0 Å². The fourth-order valence-corrected chi connectivity index (χ4v) is 2.19. The van der Waals surface area contributed by atoms with E-state index in [2.05, 4.69) is 9.97 Å². The van der Waals surface area contributed by atoms with Crippen molar-refractivity contribution in [2.45, 2.75) is 6.92 Å². The number of aryl methyl sites for hydroxylation is 1. The van der Waals surface area contributed by atoms with Gasteiger partial charge in [-0.05, 0) is 19.1 Å². The summed E-state index contributed by atoms with van der Waals surface area (Å²) >= 11 is 5.96. The number of hydrogen-bond acceptors (Lipinski definition) is 4. The van der Waals surface area contributed by atoms with Crippen molar-refractivity contribution in [2.24, 2.45) is 0 Å². The smallest absolute Gasteiger partial charge is 0.155 e. The third-order valence-corrected chi connectivity index (χ3v) is 3.08. The summed E-state index contributed by atoms with van der Waals surface area (Å²) in [7, 11) is 0. The molecule has 0 bridgehead atoms. The van der Waals surface area contributed by atoms with Crippen LogP contribution in [-0.2, 0) is 0 Å². The third kappa shape index (κ3) is 2.00. The predicted molar refractivity (Wildman–Crippen MR) is 72.4 cm³/mol. The molecular formula is C14H9ClN2O2. The topological polar surface area (TPSA) is 56.0 Å². The van der Waals surface area contributed by atoms with Gasteiger partial charge in [-0.3, -0.25) is 4.79 Å². The van der Waals surface area contributed by atoms with E-state index in [1.54, 1.807) is 6.92 Å². The number of hydrogen-bond donors (Lipinski definition) is 0. The van der Waals surface area contributed by atoms with E-state index in [0.717, 1.165) is 11.0 Å². The molecule has 0 saturated carbocycles. The Kier molecular flexibility index (Phi) is 2.80. The third-order valence-electron chi connectivity index (χ3n) is 2.79. The minimum absolute atomic E-state index is 0.137. The van der Waals surface area contributed by atoms with Crippen molar-refractivity contribution < 1.29 is 9.21 Å². The molecule has 0 radical (unpaired) electrons. The lowest BCUT2D eigenvalue weighted by Gasteiger charge is -2.03. The highest BCUT2D eigenvalue weighted by atomic mass is 35.5. The number of furan rings is 1. The number of fused-ring (bicyclic) bond motifs is 1. The first kappa shape index (κ1) is 11.9. The molecule has 0 aliphatic carbocycles. The molecule has 3 rings (SSSR count). The number of carbonyl (C=O) groups excluding carboxylic acids is 1. The van der Waals surface area contributed by atoms with Crippen molar-refractivity contribution in [3.63, 3.8) is 0 Å². The lowest BCUT2D eigenvalue weighted by atomic mass is 10.2. The van der Waals surface area contributed by atoms with Crippen molar-refractivity contribution in [3.8, 4) is 11.5 Å². The molecule has 0 atom stereocenters. The zero-order chi connectivity index (χ0) is 13.4. The Balaban J connectivity index is 2.28. The molecule has 0 saturated heterocycles. The number of rotatable bonds is 2. The van der Waals surface area contributed by atoms with Crippen LogP contribution in [0.15, 0.2) is 34.7 Å². The van der Waals surface area contributed by atoms with Crippen molar-refractivity contribution >= 4 is 28.9 Å². The fraction of sp³-hybridized carbons (Fsp3) is 0.0714. The first-order chi connectivity index (χ1) is 9.19. The van der Waals surface area contributed by atoms with Gasteiger partial charge in [0.1, 0.15) is 22.3 Å². The number of halogens is 1. The van der Waals surface area contributed by atoms with Gasteiger partial charge in [0.25, 0.3) is 0 Å². The highest BCUT2D eigenvalue weighted by Crippen LogP contribution is 2.30. The van der Waals surface area contributed by atoms with E-state index in [-0.39, 0.29) is 10.7 Å². The van der Waals surface area contributed by atoms with Crippen LogP contribution in [0.25, 0.3) is 22.4 Å². The van der Waals surface area contributed by atoms with Crippen LogP contribution in [0.4, 0.5) is 0 Å². The van der Waals surface area contributed by atoms with Crippen molar-refractivity contribution in [2.75, 3.05) is 0 Å². The number of nitrogens with zero attached hydrogens (tertiary/aromatic N) is 2. The summed E-state index contributed by atoms with van der Waals surface area (Å²) in [4.78, 5) is 19.4. The Labute approximate surface area is 114 Å². The number of para-hydroxylation sites is 1. The van der Waals surface area contributed by atoms with Gasteiger partial charge in [0.2, 0.25) is 0 Å². The lowest BCUT2D eigenvalue weighted by Crippen LogP contribution is -1.98. The summed E-state index contributed by atoms with van der Waals surface area (Å²) in [6.45, 7) is 1.71. The van der Waals surface area contributed by atoms with Gasteiger partial charge >= 0.3 is 0 Å². The molecule has 2 heterocycles. The predicted octanol–water partition coefficient (Wildman–Crippen LogP) is 3.66. The van der Waals surface area contributed by atoms with Crippen molar-refractivity contribution in [1.82, 2.24) is 9.97 Å².